The highest BCUT2D eigenvalue weighted by molar-refractivity contribution is 7.19. The number of ether oxygens (including phenoxy) is 1. The summed E-state index contributed by atoms with van der Waals surface area (Å²) in [6.45, 7) is 2.57. The molecular formula is C26H20FN3OS. The number of rotatable bonds is 6. The van der Waals surface area contributed by atoms with E-state index >= 15 is 0 Å². The van der Waals surface area contributed by atoms with Crippen molar-refractivity contribution in [1.29, 1.82) is 0 Å². The van der Waals surface area contributed by atoms with Gasteiger partial charge in [-0.1, -0.05) is 42.5 Å². The maximum atomic E-state index is 13.4. The number of benzene rings is 3. The van der Waals surface area contributed by atoms with Crippen LogP contribution in [-0.2, 0) is 6.61 Å². The third-order valence-electron chi connectivity index (χ3n) is 5.16. The summed E-state index contributed by atoms with van der Waals surface area (Å²) in [6, 6.07) is 24.4. The number of hydrogen-bond donors (Lipinski definition) is 1. The molecule has 0 aliphatic carbocycles. The summed E-state index contributed by atoms with van der Waals surface area (Å²) in [6.07, 6.45) is 1.56. The molecule has 0 spiro atoms. The molecule has 2 heterocycles. The average Bonchev–Trinajstić information content (AvgIpc) is 3.17. The van der Waals surface area contributed by atoms with Crippen molar-refractivity contribution in [3.05, 3.63) is 101 Å². The van der Waals surface area contributed by atoms with Gasteiger partial charge in [0.1, 0.15) is 35.1 Å². The third kappa shape index (κ3) is 4.18. The van der Waals surface area contributed by atoms with Crippen molar-refractivity contribution in [2.24, 2.45) is 0 Å². The van der Waals surface area contributed by atoms with Crippen LogP contribution in [0, 0.1) is 12.7 Å². The Bertz CT molecular complexity index is 1350. The van der Waals surface area contributed by atoms with E-state index in [-0.39, 0.29) is 5.82 Å². The maximum Gasteiger partial charge on any atom is 0.143 e. The normalized spacial score (nSPS) is 10.9. The first-order valence-corrected chi connectivity index (χ1v) is 11.0. The Balaban J connectivity index is 1.41. The van der Waals surface area contributed by atoms with Crippen molar-refractivity contribution in [2.75, 3.05) is 5.32 Å². The van der Waals surface area contributed by atoms with Crippen LogP contribution in [0.25, 0.3) is 21.3 Å². The van der Waals surface area contributed by atoms with E-state index in [0.717, 1.165) is 49.0 Å². The van der Waals surface area contributed by atoms with Gasteiger partial charge in [-0.25, -0.2) is 14.4 Å². The molecule has 2 aromatic heterocycles. The second-order valence-corrected chi connectivity index (χ2v) is 8.57. The summed E-state index contributed by atoms with van der Waals surface area (Å²) in [7, 11) is 0. The molecule has 6 heteroatoms. The molecule has 0 saturated carbocycles. The highest BCUT2D eigenvalue weighted by atomic mass is 32.1. The molecule has 0 radical (unpaired) electrons. The SMILES string of the molecule is Cc1sc2ncnc(Nc3ccc(OCc4ccccc4)cc3)c2c1-c1ccc(F)cc1. The third-order valence-corrected chi connectivity index (χ3v) is 6.18. The highest BCUT2D eigenvalue weighted by Crippen LogP contribution is 2.41. The molecule has 0 fully saturated rings. The fraction of sp³-hybridized carbons (Fsp3) is 0.0769. The summed E-state index contributed by atoms with van der Waals surface area (Å²) >= 11 is 1.60. The zero-order chi connectivity index (χ0) is 21.9. The van der Waals surface area contributed by atoms with Gasteiger partial charge in [0.25, 0.3) is 0 Å². The van der Waals surface area contributed by atoms with Crippen LogP contribution >= 0.6 is 11.3 Å². The molecule has 0 bridgehead atoms. The van der Waals surface area contributed by atoms with Gasteiger partial charge in [-0.05, 0) is 54.4 Å². The van der Waals surface area contributed by atoms with Gasteiger partial charge < -0.3 is 10.1 Å². The average molecular weight is 442 g/mol. The smallest absolute Gasteiger partial charge is 0.143 e. The van der Waals surface area contributed by atoms with E-state index in [4.69, 9.17) is 4.74 Å². The first kappa shape index (κ1) is 20.2. The van der Waals surface area contributed by atoms with Crippen LogP contribution in [0.15, 0.2) is 85.2 Å². The predicted octanol–water partition coefficient (Wildman–Crippen LogP) is 7.13. The number of aryl methyl sites for hydroxylation is 1. The van der Waals surface area contributed by atoms with Crippen molar-refractivity contribution < 1.29 is 9.13 Å². The van der Waals surface area contributed by atoms with Crippen molar-refractivity contribution in [2.45, 2.75) is 13.5 Å². The van der Waals surface area contributed by atoms with Crippen LogP contribution in [0.1, 0.15) is 10.4 Å². The summed E-state index contributed by atoms with van der Waals surface area (Å²) in [5.41, 5.74) is 3.98. The molecule has 0 unspecified atom stereocenters. The number of halogens is 1. The van der Waals surface area contributed by atoms with Crippen molar-refractivity contribution in [1.82, 2.24) is 9.97 Å². The van der Waals surface area contributed by atoms with E-state index in [0.29, 0.717) is 6.61 Å². The number of nitrogens with one attached hydrogen (secondary N) is 1. The lowest BCUT2D eigenvalue weighted by atomic mass is 10.0. The minimum Gasteiger partial charge on any atom is -0.489 e. The van der Waals surface area contributed by atoms with Gasteiger partial charge >= 0.3 is 0 Å². The standard InChI is InChI=1S/C26H20FN3OS/c1-17-23(19-7-9-20(27)10-8-19)24-25(28-16-29-26(24)32-17)30-21-11-13-22(14-12-21)31-15-18-5-3-2-4-6-18/h2-14,16H,15H2,1H3,(H,28,29,30). The molecule has 32 heavy (non-hydrogen) atoms. The lowest BCUT2D eigenvalue weighted by Gasteiger charge is -2.11. The lowest BCUT2D eigenvalue weighted by Crippen LogP contribution is -1.97. The van der Waals surface area contributed by atoms with Crippen LogP contribution in [0.5, 0.6) is 5.75 Å². The number of anilines is 2. The molecule has 5 rings (SSSR count). The van der Waals surface area contributed by atoms with Gasteiger partial charge in [0.2, 0.25) is 0 Å². The number of fused-ring (bicyclic) bond motifs is 1. The van der Waals surface area contributed by atoms with E-state index < -0.39 is 0 Å². The molecule has 0 atom stereocenters. The highest BCUT2D eigenvalue weighted by Gasteiger charge is 2.17. The van der Waals surface area contributed by atoms with Gasteiger partial charge in [-0.3, -0.25) is 0 Å². The second-order valence-electron chi connectivity index (χ2n) is 7.37. The molecule has 0 amide bonds. The van der Waals surface area contributed by atoms with Crippen molar-refractivity contribution >= 4 is 33.1 Å². The van der Waals surface area contributed by atoms with Crippen molar-refractivity contribution in [3.63, 3.8) is 0 Å². The Morgan fingerprint density at radius 3 is 2.41 bits per heavy atom. The van der Waals surface area contributed by atoms with Crippen LogP contribution in [-0.4, -0.2) is 9.97 Å². The first-order chi connectivity index (χ1) is 15.7. The van der Waals surface area contributed by atoms with Gasteiger partial charge in [0, 0.05) is 16.1 Å². The molecule has 0 saturated heterocycles. The first-order valence-electron chi connectivity index (χ1n) is 10.2. The molecule has 4 nitrogen and oxygen atoms in total. The van der Waals surface area contributed by atoms with Crippen LogP contribution in [0.2, 0.25) is 0 Å². The van der Waals surface area contributed by atoms with Crippen molar-refractivity contribution in [3.8, 4) is 16.9 Å². The van der Waals surface area contributed by atoms with Gasteiger partial charge in [-0.15, -0.1) is 11.3 Å². The lowest BCUT2D eigenvalue weighted by molar-refractivity contribution is 0.306. The summed E-state index contributed by atoms with van der Waals surface area (Å²) < 4.78 is 19.3. The number of thiophene rings is 1. The van der Waals surface area contributed by atoms with E-state index in [9.17, 15) is 4.39 Å². The van der Waals surface area contributed by atoms with Crippen LogP contribution in [0.3, 0.4) is 0 Å². The van der Waals surface area contributed by atoms with Gasteiger partial charge in [-0.2, -0.15) is 0 Å². The molecule has 0 aliphatic heterocycles. The fourth-order valence-electron chi connectivity index (χ4n) is 3.62. The zero-order valence-corrected chi connectivity index (χ0v) is 18.2. The minimum atomic E-state index is -0.255. The molecule has 0 aliphatic rings. The Kier molecular flexibility index (Phi) is 5.52. The number of aromatic nitrogens is 2. The monoisotopic (exact) mass is 441 g/mol. The number of nitrogens with zero attached hydrogens (tertiary/aromatic N) is 2. The zero-order valence-electron chi connectivity index (χ0n) is 17.4. The Labute approximate surface area is 189 Å². The minimum absolute atomic E-state index is 0.255. The van der Waals surface area contributed by atoms with Crippen LogP contribution in [0.4, 0.5) is 15.9 Å². The molecule has 1 N–H and O–H groups in total. The molecule has 5 aromatic rings. The van der Waals surface area contributed by atoms with E-state index in [1.54, 1.807) is 29.8 Å². The fourth-order valence-corrected chi connectivity index (χ4v) is 4.63. The van der Waals surface area contributed by atoms with Crippen LogP contribution < -0.4 is 10.1 Å². The predicted molar refractivity (Wildman–Crippen MR) is 128 cm³/mol. The Hall–Kier alpha value is -3.77. The summed E-state index contributed by atoms with van der Waals surface area (Å²) in [4.78, 5) is 10.9. The van der Waals surface area contributed by atoms with E-state index in [1.165, 1.54) is 12.1 Å². The van der Waals surface area contributed by atoms with E-state index in [1.807, 2.05) is 61.5 Å². The second kappa shape index (κ2) is 8.77. The molecular weight excluding hydrogens is 421 g/mol. The summed E-state index contributed by atoms with van der Waals surface area (Å²) in [5.74, 6) is 1.26. The van der Waals surface area contributed by atoms with Gasteiger partial charge in [0.15, 0.2) is 0 Å². The van der Waals surface area contributed by atoms with Gasteiger partial charge in [0.05, 0.1) is 5.39 Å². The Morgan fingerprint density at radius 1 is 0.906 bits per heavy atom. The van der Waals surface area contributed by atoms with E-state index in [2.05, 4.69) is 15.3 Å². The maximum absolute atomic E-state index is 13.4. The largest absolute Gasteiger partial charge is 0.489 e. The topological polar surface area (TPSA) is 47.0 Å². The quantitative estimate of drug-likeness (QED) is 0.304. The number of hydrogen-bond acceptors (Lipinski definition) is 5. The molecule has 158 valence electrons. The molecule has 3 aromatic carbocycles. The Morgan fingerprint density at radius 2 is 1.66 bits per heavy atom. The summed E-state index contributed by atoms with van der Waals surface area (Å²) in [5, 5.41) is 4.34.